The van der Waals surface area contributed by atoms with Crippen LogP contribution in [-0.4, -0.2) is 11.8 Å². The fraction of sp³-hybridized carbons (Fsp3) is 0.0588. The quantitative estimate of drug-likeness (QED) is 0.223. The minimum Gasteiger partial charge on any atom is -0.281 e. The van der Waals surface area contributed by atoms with Crippen LogP contribution in [-0.2, 0) is 22.4 Å². The smallest absolute Gasteiger partial charge is 0.235 e. The van der Waals surface area contributed by atoms with Gasteiger partial charge in [-0.05, 0) is 59.7 Å². The predicted octanol–water partition coefficient (Wildman–Crippen LogP) is 7.50. The van der Waals surface area contributed by atoms with Crippen molar-refractivity contribution in [3.05, 3.63) is 157 Å². The molecule has 0 aromatic heterocycles. The molecule has 38 heavy (non-hydrogen) atoms. The summed E-state index contributed by atoms with van der Waals surface area (Å²) in [5, 5.41) is 0. The number of benzene rings is 5. The molecule has 0 bridgehead atoms. The molecule has 186 valence electrons. The van der Waals surface area contributed by atoms with Crippen LogP contribution >= 0.6 is 0 Å². The number of carbonyl (C=O) groups excluding carboxylic acids is 2. The molecule has 0 aliphatic heterocycles. The summed E-state index contributed by atoms with van der Waals surface area (Å²) >= 11 is 0. The average molecular weight is 497 g/mol. The fourth-order valence-electron chi connectivity index (χ4n) is 4.48. The Kier molecular flexibility index (Phi) is 7.71. The standard InChI is InChI=1S/C34H28N2O2/c37-33(25-27-13-5-1-6-14-27)35(29-17-9-3-10-18-29)31-21-23-32(24-22-31)36(30-19-11-4-12-20-30)34(38)26-28-15-7-2-8-16-28/h1-24H,25-26H2. The van der Waals surface area contributed by atoms with Gasteiger partial charge in [0, 0.05) is 22.7 Å². The summed E-state index contributed by atoms with van der Waals surface area (Å²) in [4.78, 5) is 30.5. The van der Waals surface area contributed by atoms with Crippen molar-refractivity contribution in [3.8, 4) is 0 Å². The topological polar surface area (TPSA) is 40.6 Å². The van der Waals surface area contributed by atoms with Crippen LogP contribution in [0.4, 0.5) is 22.7 Å². The largest absolute Gasteiger partial charge is 0.281 e. The van der Waals surface area contributed by atoms with Crippen LogP contribution in [0.25, 0.3) is 0 Å². The molecule has 5 aromatic rings. The minimum absolute atomic E-state index is 0.0322. The molecule has 0 heterocycles. The van der Waals surface area contributed by atoms with Gasteiger partial charge in [-0.15, -0.1) is 0 Å². The van der Waals surface area contributed by atoms with E-state index in [1.165, 1.54) is 0 Å². The van der Waals surface area contributed by atoms with Crippen molar-refractivity contribution in [3.63, 3.8) is 0 Å². The van der Waals surface area contributed by atoms with E-state index in [9.17, 15) is 9.59 Å². The van der Waals surface area contributed by atoms with Crippen LogP contribution in [0, 0.1) is 0 Å². The van der Waals surface area contributed by atoms with Crippen LogP contribution in [0.15, 0.2) is 146 Å². The number of rotatable bonds is 8. The van der Waals surface area contributed by atoms with Gasteiger partial charge in [0.05, 0.1) is 12.8 Å². The van der Waals surface area contributed by atoms with Crippen LogP contribution in [0.5, 0.6) is 0 Å². The number of hydrogen-bond donors (Lipinski definition) is 0. The van der Waals surface area contributed by atoms with Gasteiger partial charge in [0.1, 0.15) is 0 Å². The van der Waals surface area contributed by atoms with Crippen molar-refractivity contribution >= 4 is 34.6 Å². The second-order valence-corrected chi connectivity index (χ2v) is 8.97. The first-order valence-electron chi connectivity index (χ1n) is 12.6. The van der Waals surface area contributed by atoms with E-state index in [0.29, 0.717) is 0 Å². The fourth-order valence-corrected chi connectivity index (χ4v) is 4.48. The Bertz CT molecular complexity index is 1350. The highest BCUT2D eigenvalue weighted by Gasteiger charge is 2.21. The van der Waals surface area contributed by atoms with E-state index in [-0.39, 0.29) is 24.7 Å². The lowest BCUT2D eigenvalue weighted by atomic mass is 10.1. The van der Waals surface area contributed by atoms with Crippen molar-refractivity contribution < 1.29 is 9.59 Å². The molecule has 0 saturated carbocycles. The SMILES string of the molecule is O=C(Cc1ccccc1)N(c1ccccc1)c1ccc(N(C(=O)Cc2ccccc2)c2ccccc2)cc1. The van der Waals surface area contributed by atoms with E-state index in [1.807, 2.05) is 146 Å². The van der Waals surface area contributed by atoms with Crippen LogP contribution < -0.4 is 9.80 Å². The summed E-state index contributed by atoms with van der Waals surface area (Å²) in [5.74, 6) is -0.0644. The molecule has 0 unspecified atom stereocenters. The van der Waals surface area contributed by atoms with E-state index >= 15 is 0 Å². The number of para-hydroxylation sites is 2. The summed E-state index contributed by atoms with van der Waals surface area (Å²) in [6.45, 7) is 0. The van der Waals surface area contributed by atoms with E-state index in [2.05, 4.69) is 0 Å². The van der Waals surface area contributed by atoms with Gasteiger partial charge in [-0.1, -0.05) is 97.1 Å². The van der Waals surface area contributed by atoms with Crippen LogP contribution in [0.3, 0.4) is 0 Å². The zero-order valence-corrected chi connectivity index (χ0v) is 21.0. The number of amides is 2. The molecule has 4 heteroatoms. The molecule has 2 amide bonds. The van der Waals surface area contributed by atoms with Crippen molar-refractivity contribution in [2.24, 2.45) is 0 Å². The van der Waals surface area contributed by atoms with Crippen molar-refractivity contribution in [1.82, 2.24) is 0 Å². The minimum atomic E-state index is -0.0322. The lowest BCUT2D eigenvalue weighted by molar-refractivity contribution is -0.118. The molecule has 0 spiro atoms. The summed E-state index contributed by atoms with van der Waals surface area (Å²) < 4.78 is 0. The number of carbonyl (C=O) groups is 2. The summed E-state index contributed by atoms with van der Waals surface area (Å²) in [6, 6.07) is 46.3. The highest BCUT2D eigenvalue weighted by Crippen LogP contribution is 2.32. The molecular weight excluding hydrogens is 468 g/mol. The monoisotopic (exact) mass is 496 g/mol. The Labute approximate surface area is 223 Å². The molecular formula is C34H28N2O2. The van der Waals surface area contributed by atoms with Crippen molar-refractivity contribution in [2.45, 2.75) is 12.8 Å². The maximum absolute atomic E-state index is 13.5. The second-order valence-electron chi connectivity index (χ2n) is 8.97. The lowest BCUT2D eigenvalue weighted by Gasteiger charge is -2.26. The third kappa shape index (κ3) is 5.88. The van der Waals surface area contributed by atoms with E-state index in [1.54, 1.807) is 9.80 Å². The first-order valence-corrected chi connectivity index (χ1v) is 12.6. The molecule has 5 aromatic carbocycles. The maximum Gasteiger partial charge on any atom is 0.235 e. The Hall–Kier alpha value is -4.96. The lowest BCUT2D eigenvalue weighted by Crippen LogP contribution is -2.29. The Balaban J connectivity index is 1.47. The van der Waals surface area contributed by atoms with Crippen LogP contribution in [0.2, 0.25) is 0 Å². The molecule has 0 saturated heterocycles. The summed E-state index contributed by atoms with van der Waals surface area (Å²) in [5.41, 5.74) is 4.98. The normalized spacial score (nSPS) is 10.5. The van der Waals surface area contributed by atoms with Gasteiger partial charge >= 0.3 is 0 Å². The van der Waals surface area contributed by atoms with Gasteiger partial charge in [0.25, 0.3) is 0 Å². The number of hydrogen-bond acceptors (Lipinski definition) is 2. The van der Waals surface area contributed by atoms with E-state index in [4.69, 9.17) is 0 Å². The van der Waals surface area contributed by atoms with Gasteiger partial charge in [0.2, 0.25) is 11.8 Å². The molecule has 0 fully saturated rings. The molecule has 5 rings (SSSR count). The van der Waals surface area contributed by atoms with Gasteiger partial charge in [-0.3, -0.25) is 19.4 Å². The third-order valence-electron chi connectivity index (χ3n) is 6.29. The van der Waals surface area contributed by atoms with Gasteiger partial charge < -0.3 is 0 Å². The molecule has 0 N–H and O–H groups in total. The highest BCUT2D eigenvalue weighted by molar-refractivity contribution is 6.03. The number of anilines is 4. The number of nitrogens with zero attached hydrogens (tertiary/aromatic N) is 2. The molecule has 4 nitrogen and oxygen atoms in total. The maximum atomic E-state index is 13.5. The van der Waals surface area contributed by atoms with Gasteiger partial charge in [-0.2, -0.15) is 0 Å². The van der Waals surface area contributed by atoms with Crippen LogP contribution in [0.1, 0.15) is 11.1 Å². The highest BCUT2D eigenvalue weighted by atomic mass is 16.2. The average Bonchev–Trinajstić information content (AvgIpc) is 2.96. The summed E-state index contributed by atoms with van der Waals surface area (Å²) in [6.07, 6.45) is 0.562. The first kappa shape index (κ1) is 24.7. The zero-order valence-electron chi connectivity index (χ0n) is 21.0. The molecule has 0 atom stereocenters. The Morgan fingerprint density at radius 1 is 0.368 bits per heavy atom. The molecule has 0 aliphatic carbocycles. The van der Waals surface area contributed by atoms with Gasteiger partial charge in [0.15, 0.2) is 0 Å². The van der Waals surface area contributed by atoms with E-state index < -0.39 is 0 Å². The van der Waals surface area contributed by atoms with Crippen molar-refractivity contribution in [1.29, 1.82) is 0 Å². The molecule has 0 radical (unpaired) electrons. The second kappa shape index (κ2) is 11.8. The third-order valence-corrected chi connectivity index (χ3v) is 6.29. The summed E-state index contributed by atoms with van der Waals surface area (Å²) in [7, 11) is 0. The first-order chi connectivity index (χ1) is 18.7. The van der Waals surface area contributed by atoms with Gasteiger partial charge in [-0.25, -0.2) is 0 Å². The zero-order chi connectivity index (χ0) is 26.2. The Morgan fingerprint density at radius 2 is 0.632 bits per heavy atom. The predicted molar refractivity (Wildman–Crippen MR) is 154 cm³/mol. The van der Waals surface area contributed by atoms with Crippen molar-refractivity contribution in [2.75, 3.05) is 9.80 Å². The molecule has 0 aliphatic rings. The Morgan fingerprint density at radius 3 is 0.947 bits per heavy atom. The van der Waals surface area contributed by atoms with E-state index in [0.717, 1.165) is 33.9 Å².